The Morgan fingerprint density at radius 1 is 0.575 bits per heavy atom. The highest BCUT2D eigenvalue weighted by molar-refractivity contribution is 5.78. The van der Waals surface area contributed by atoms with Crippen molar-refractivity contribution in [2.75, 3.05) is 13.2 Å². The second-order valence-electron chi connectivity index (χ2n) is 11.3. The molecule has 0 fully saturated rings. The lowest BCUT2D eigenvalue weighted by molar-refractivity contribution is -0.124. The minimum Gasteiger partial charge on any atom is -0.484 e. The highest BCUT2D eigenvalue weighted by atomic mass is 16.5. The Hall–Kier alpha value is -2.24. The van der Waals surface area contributed by atoms with E-state index in [1.54, 1.807) is 6.07 Å². The molecule has 0 aromatic heterocycles. The minimum absolute atomic E-state index is 0.0254. The Bertz CT molecular complexity index is 718. The summed E-state index contributed by atoms with van der Waals surface area (Å²) in [6.07, 6.45) is 18.9. The van der Waals surface area contributed by atoms with Gasteiger partial charge < -0.3 is 20.1 Å². The third kappa shape index (κ3) is 17.5. The average molecular weight is 561 g/mol. The maximum atomic E-state index is 12.7. The molecule has 6 heteroatoms. The number of amides is 2. The standard InChI is InChI=1S/C34H60N2O4/c1-6-11-15-19-29(20-16-12-7-2)35-33(37)26-39-31-23-28(10-5)24-32(25-31)40-27-34(38)36-30(21-17-13-8-3)22-18-14-9-4/h23-25,29-30H,6-22,26-27H2,1-5H3,(H,35,37)(H,36,38). The zero-order valence-electron chi connectivity index (χ0n) is 26.5. The summed E-state index contributed by atoms with van der Waals surface area (Å²) in [6, 6.07) is 6.08. The molecule has 1 rings (SSSR count). The molecule has 40 heavy (non-hydrogen) atoms. The van der Waals surface area contributed by atoms with Gasteiger partial charge >= 0.3 is 0 Å². The zero-order valence-corrected chi connectivity index (χ0v) is 26.5. The van der Waals surface area contributed by atoms with Crippen molar-refractivity contribution in [2.24, 2.45) is 0 Å². The largest absolute Gasteiger partial charge is 0.484 e. The maximum Gasteiger partial charge on any atom is 0.258 e. The normalized spacial score (nSPS) is 11.2. The van der Waals surface area contributed by atoms with Crippen molar-refractivity contribution < 1.29 is 19.1 Å². The van der Waals surface area contributed by atoms with E-state index in [0.717, 1.165) is 63.4 Å². The molecule has 0 aliphatic heterocycles. The first-order chi connectivity index (χ1) is 19.4. The van der Waals surface area contributed by atoms with Crippen LogP contribution in [0.15, 0.2) is 18.2 Å². The predicted octanol–water partition coefficient (Wildman–Crippen LogP) is 8.30. The Morgan fingerprint density at radius 2 is 0.925 bits per heavy atom. The molecular formula is C34H60N2O4. The Kier molecular flexibility index (Phi) is 21.0. The first-order valence-corrected chi connectivity index (χ1v) is 16.4. The Labute approximate surface area is 245 Å². The van der Waals surface area contributed by atoms with Crippen molar-refractivity contribution in [2.45, 2.75) is 156 Å². The fourth-order valence-electron chi connectivity index (χ4n) is 4.98. The third-order valence-electron chi connectivity index (χ3n) is 7.44. The van der Waals surface area contributed by atoms with Gasteiger partial charge in [0.05, 0.1) is 0 Å². The number of unbranched alkanes of at least 4 members (excludes halogenated alkanes) is 8. The molecule has 230 valence electrons. The van der Waals surface area contributed by atoms with Gasteiger partial charge in [0.15, 0.2) is 13.2 Å². The van der Waals surface area contributed by atoms with Gasteiger partial charge in [0.25, 0.3) is 11.8 Å². The highest BCUT2D eigenvalue weighted by Gasteiger charge is 2.15. The van der Waals surface area contributed by atoms with Crippen LogP contribution >= 0.6 is 0 Å². The van der Waals surface area contributed by atoms with Gasteiger partial charge in [-0.15, -0.1) is 0 Å². The number of hydrogen-bond acceptors (Lipinski definition) is 4. The summed E-state index contributed by atoms with van der Waals surface area (Å²) in [4.78, 5) is 25.4. The average Bonchev–Trinajstić information content (AvgIpc) is 2.95. The molecule has 6 nitrogen and oxygen atoms in total. The van der Waals surface area contributed by atoms with E-state index in [1.807, 2.05) is 12.1 Å². The molecule has 1 aromatic rings. The van der Waals surface area contributed by atoms with Gasteiger partial charge in [0.2, 0.25) is 0 Å². The molecule has 0 saturated heterocycles. The second kappa shape index (κ2) is 23.5. The number of hydrogen-bond donors (Lipinski definition) is 2. The molecule has 0 aliphatic carbocycles. The van der Waals surface area contributed by atoms with Crippen molar-refractivity contribution >= 4 is 11.8 Å². The Morgan fingerprint density at radius 3 is 1.23 bits per heavy atom. The van der Waals surface area contributed by atoms with Crippen LogP contribution in [0, 0.1) is 0 Å². The highest BCUT2D eigenvalue weighted by Crippen LogP contribution is 2.24. The maximum absolute atomic E-state index is 12.7. The van der Waals surface area contributed by atoms with Crippen LogP contribution in [0.4, 0.5) is 0 Å². The lowest BCUT2D eigenvalue weighted by Crippen LogP contribution is -2.38. The van der Waals surface area contributed by atoms with E-state index in [2.05, 4.69) is 45.3 Å². The van der Waals surface area contributed by atoms with E-state index in [1.165, 1.54) is 51.4 Å². The Balaban J connectivity index is 2.66. The topological polar surface area (TPSA) is 76.7 Å². The van der Waals surface area contributed by atoms with Gasteiger partial charge in [-0.25, -0.2) is 0 Å². The van der Waals surface area contributed by atoms with Gasteiger partial charge in [-0.2, -0.15) is 0 Å². The van der Waals surface area contributed by atoms with Crippen molar-refractivity contribution in [1.29, 1.82) is 0 Å². The second-order valence-corrected chi connectivity index (χ2v) is 11.3. The number of carbonyl (C=O) groups is 2. The quantitative estimate of drug-likeness (QED) is 0.118. The SMILES string of the molecule is CCCCCC(CCCCC)NC(=O)COc1cc(CC)cc(OCC(=O)NC(CCCCC)CCCCC)c1. The van der Waals surface area contributed by atoms with Gasteiger partial charge in [-0.3, -0.25) is 9.59 Å². The van der Waals surface area contributed by atoms with Crippen LogP contribution in [-0.2, 0) is 16.0 Å². The predicted molar refractivity (Wildman–Crippen MR) is 167 cm³/mol. The first kappa shape index (κ1) is 35.8. The number of ether oxygens (including phenoxy) is 2. The molecule has 0 saturated carbocycles. The molecule has 1 aromatic carbocycles. The van der Waals surface area contributed by atoms with Crippen LogP contribution in [0.3, 0.4) is 0 Å². The fourth-order valence-corrected chi connectivity index (χ4v) is 4.98. The summed E-state index contributed by atoms with van der Waals surface area (Å²) in [6.45, 7) is 10.8. The molecule has 0 radical (unpaired) electrons. The lowest BCUT2D eigenvalue weighted by atomic mass is 10.0. The number of rotatable bonds is 25. The van der Waals surface area contributed by atoms with Crippen molar-refractivity contribution in [1.82, 2.24) is 10.6 Å². The number of benzene rings is 1. The van der Waals surface area contributed by atoms with E-state index in [9.17, 15) is 9.59 Å². The molecule has 0 spiro atoms. The number of nitrogens with one attached hydrogen (secondary N) is 2. The van der Waals surface area contributed by atoms with Crippen molar-refractivity contribution in [3.63, 3.8) is 0 Å². The molecule has 0 unspecified atom stereocenters. The van der Waals surface area contributed by atoms with E-state index < -0.39 is 0 Å². The van der Waals surface area contributed by atoms with Crippen LogP contribution in [0.25, 0.3) is 0 Å². The van der Waals surface area contributed by atoms with E-state index >= 15 is 0 Å². The molecular weight excluding hydrogens is 500 g/mol. The molecule has 0 aliphatic rings. The van der Waals surface area contributed by atoms with Crippen LogP contribution in [0.2, 0.25) is 0 Å². The van der Waals surface area contributed by atoms with Gasteiger partial charge in [-0.05, 0) is 49.8 Å². The van der Waals surface area contributed by atoms with Gasteiger partial charge in [0.1, 0.15) is 11.5 Å². The summed E-state index contributed by atoms with van der Waals surface area (Å²) < 4.78 is 11.8. The van der Waals surface area contributed by atoms with Gasteiger partial charge in [-0.1, -0.05) is 112 Å². The van der Waals surface area contributed by atoms with Gasteiger partial charge in [0, 0.05) is 18.2 Å². The number of carbonyl (C=O) groups excluding carboxylic acids is 2. The molecule has 0 atom stereocenters. The molecule has 2 N–H and O–H groups in total. The van der Waals surface area contributed by atoms with Crippen molar-refractivity contribution in [3.05, 3.63) is 23.8 Å². The third-order valence-corrected chi connectivity index (χ3v) is 7.44. The smallest absolute Gasteiger partial charge is 0.258 e. The van der Waals surface area contributed by atoms with Crippen LogP contribution < -0.4 is 20.1 Å². The fraction of sp³-hybridized carbons (Fsp3) is 0.765. The van der Waals surface area contributed by atoms with Crippen LogP contribution in [-0.4, -0.2) is 37.1 Å². The zero-order chi connectivity index (χ0) is 29.4. The van der Waals surface area contributed by atoms with Crippen molar-refractivity contribution in [3.8, 4) is 11.5 Å². The summed E-state index contributed by atoms with van der Waals surface area (Å²) >= 11 is 0. The monoisotopic (exact) mass is 560 g/mol. The van der Waals surface area contributed by atoms with Crippen LogP contribution in [0.5, 0.6) is 11.5 Å². The summed E-state index contributed by atoms with van der Waals surface area (Å²) in [5.41, 5.74) is 1.04. The van der Waals surface area contributed by atoms with E-state index in [-0.39, 0.29) is 37.1 Å². The van der Waals surface area contributed by atoms with Crippen LogP contribution in [0.1, 0.15) is 143 Å². The first-order valence-electron chi connectivity index (χ1n) is 16.4. The van der Waals surface area contributed by atoms with E-state index in [4.69, 9.17) is 9.47 Å². The summed E-state index contributed by atoms with van der Waals surface area (Å²) in [7, 11) is 0. The molecule has 0 bridgehead atoms. The minimum atomic E-state index is -0.0843. The summed E-state index contributed by atoms with van der Waals surface area (Å²) in [5.74, 6) is 1.02. The lowest BCUT2D eigenvalue weighted by Gasteiger charge is -2.20. The van der Waals surface area contributed by atoms with E-state index in [0.29, 0.717) is 11.5 Å². The molecule has 0 heterocycles. The number of aryl methyl sites for hydroxylation is 1. The summed E-state index contributed by atoms with van der Waals surface area (Å²) in [5, 5.41) is 6.39. The molecule has 2 amide bonds.